The number of ether oxygens (including phenoxy) is 3. The standard InChI is InChI=1S/C39H44N6O7/c1-39(2,3)26-21-32(36(50-4)33(22-26)43-38(49)52-20-17-45-34(46)13-14-35(45)47)42-37(48)41-31-12-11-28(29-7-5-6-8-30(29)31)25-9-10-27(40-23-25)24-44-15-18-51-19-16-44/h5-14,21-23,46-47H,15-20,24H2,1-4H3,(H,43,49)(H2,41,42,48). The Bertz CT molecular complexity index is 2030. The van der Waals surface area contributed by atoms with Crippen molar-refractivity contribution in [2.45, 2.75) is 39.3 Å². The summed E-state index contributed by atoms with van der Waals surface area (Å²) in [4.78, 5) is 33.5. The average molecular weight is 709 g/mol. The number of carbonyl (C=O) groups is 2. The molecule has 272 valence electrons. The summed E-state index contributed by atoms with van der Waals surface area (Å²) in [6.45, 7) is 10.0. The quantitative estimate of drug-likeness (QED) is 0.102. The number of benzene rings is 3. The second-order valence-electron chi connectivity index (χ2n) is 13.5. The van der Waals surface area contributed by atoms with E-state index in [4.69, 9.17) is 19.2 Å². The number of hydrogen-bond donors (Lipinski definition) is 5. The Morgan fingerprint density at radius 1 is 0.865 bits per heavy atom. The summed E-state index contributed by atoms with van der Waals surface area (Å²) in [6, 6.07) is 21.6. The van der Waals surface area contributed by atoms with Gasteiger partial charge in [0.1, 0.15) is 6.61 Å². The molecule has 1 aliphatic heterocycles. The maximum absolute atomic E-state index is 13.6. The molecule has 0 spiro atoms. The van der Waals surface area contributed by atoms with Gasteiger partial charge < -0.3 is 35.1 Å². The van der Waals surface area contributed by atoms with Crippen LogP contribution in [-0.2, 0) is 28.0 Å². The smallest absolute Gasteiger partial charge is 0.411 e. The Morgan fingerprint density at radius 2 is 1.54 bits per heavy atom. The van der Waals surface area contributed by atoms with Crippen LogP contribution in [-0.4, -0.2) is 76.8 Å². The fourth-order valence-corrected chi connectivity index (χ4v) is 6.12. The predicted octanol–water partition coefficient (Wildman–Crippen LogP) is 7.15. The Balaban J connectivity index is 1.19. The number of morpholine rings is 1. The first-order valence-electron chi connectivity index (χ1n) is 17.1. The van der Waals surface area contributed by atoms with Crippen LogP contribution in [0.1, 0.15) is 32.0 Å². The SMILES string of the molecule is COc1c(NC(=O)Nc2ccc(-c3ccc(CN4CCOCC4)nc3)c3ccccc23)cc(C(C)(C)C)cc1NC(=O)OCCn1c(O)ccc1O. The van der Waals surface area contributed by atoms with Crippen molar-refractivity contribution in [1.29, 1.82) is 0 Å². The topological polar surface area (TPSA) is 159 Å². The van der Waals surface area contributed by atoms with Crippen LogP contribution in [0.15, 0.2) is 79.0 Å². The first-order chi connectivity index (χ1) is 25.0. The molecule has 0 aliphatic carbocycles. The zero-order valence-electron chi connectivity index (χ0n) is 29.7. The maximum Gasteiger partial charge on any atom is 0.411 e. The second-order valence-corrected chi connectivity index (χ2v) is 13.5. The minimum atomic E-state index is -0.778. The third-order valence-corrected chi connectivity index (χ3v) is 8.92. The number of amides is 3. The molecule has 1 aliphatic rings. The molecule has 1 fully saturated rings. The van der Waals surface area contributed by atoms with E-state index in [0.717, 1.165) is 66.0 Å². The summed E-state index contributed by atoms with van der Waals surface area (Å²) in [7, 11) is 1.44. The molecule has 2 aromatic heterocycles. The normalized spacial score (nSPS) is 13.5. The molecule has 0 bridgehead atoms. The highest BCUT2D eigenvalue weighted by Crippen LogP contribution is 2.39. The third-order valence-electron chi connectivity index (χ3n) is 8.92. The molecule has 0 radical (unpaired) electrons. The van der Waals surface area contributed by atoms with Gasteiger partial charge in [0.2, 0.25) is 0 Å². The Kier molecular flexibility index (Phi) is 10.8. The highest BCUT2D eigenvalue weighted by Gasteiger charge is 2.23. The number of pyridine rings is 1. The van der Waals surface area contributed by atoms with Gasteiger partial charge in [-0.05, 0) is 46.2 Å². The van der Waals surface area contributed by atoms with Crippen LogP contribution in [0.25, 0.3) is 21.9 Å². The number of rotatable bonds is 10. The van der Waals surface area contributed by atoms with Crippen LogP contribution in [0.5, 0.6) is 17.5 Å². The average Bonchev–Trinajstić information content (AvgIpc) is 3.44. The minimum absolute atomic E-state index is 0.0401. The van der Waals surface area contributed by atoms with Crippen LogP contribution >= 0.6 is 0 Å². The van der Waals surface area contributed by atoms with E-state index in [9.17, 15) is 19.8 Å². The lowest BCUT2D eigenvalue weighted by molar-refractivity contribution is 0.0336. The number of hydrogen-bond acceptors (Lipinski definition) is 9. The van der Waals surface area contributed by atoms with E-state index >= 15 is 0 Å². The van der Waals surface area contributed by atoms with Gasteiger partial charge in [-0.2, -0.15) is 0 Å². The fraction of sp³-hybridized carbons (Fsp3) is 0.308. The molecular weight excluding hydrogens is 664 g/mol. The first kappa shape index (κ1) is 36.0. The zero-order chi connectivity index (χ0) is 36.8. The summed E-state index contributed by atoms with van der Waals surface area (Å²) in [6.07, 6.45) is 1.12. The van der Waals surface area contributed by atoms with Gasteiger partial charge in [0.05, 0.1) is 49.6 Å². The van der Waals surface area contributed by atoms with Crippen molar-refractivity contribution < 1.29 is 34.0 Å². The molecule has 5 aromatic rings. The molecule has 5 N–H and O–H groups in total. The second kappa shape index (κ2) is 15.6. The van der Waals surface area contributed by atoms with Crippen LogP contribution in [0.2, 0.25) is 0 Å². The van der Waals surface area contributed by atoms with E-state index < -0.39 is 12.1 Å². The Hall–Kier alpha value is -5.79. The van der Waals surface area contributed by atoms with E-state index in [-0.39, 0.29) is 36.1 Å². The van der Waals surface area contributed by atoms with Crippen molar-refractivity contribution in [3.63, 3.8) is 0 Å². The molecule has 3 aromatic carbocycles. The zero-order valence-corrected chi connectivity index (χ0v) is 29.7. The fourth-order valence-electron chi connectivity index (χ4n) is 6.12. The van der Waals surface area contributed by atoms with E-state index in [1.54, 1.807) is 6.07 Å². The maximum atomic E-state index is 13.6. The molecule has 1 saturated heterocycles. The van der Waals surface area contributed by atoms with E-state index in [1.807, 2.05) is 69.4 Å². The number of methoxy groups -OCH3 is 1. The number of anilines is 3. The molecule has 6 rings (SSSR count). The van der Waals surface area contributed by atoms with Crippen LogP contribution in [0.3, 0.4) is 0 Å². The van der Waals surface area contributed by atoms with Crippen molar-refractivity contribution in [3.05, 3.63) is 90.3 Å². The lowest BCUT2D eigenvalue weighted by atomic mass is 9.86. The van der Waals surface area contributed by atoms with Gasteiger partial charge >= 0.3 is 12.1 Å². The van der Waals surface area contributed by atoms with Crippen molar-refractivity contribution in [1.82, 2.24) is 14.5 Å². The number of fused-ring (bicyclic) bond motifs is 1. The van der Waals surface area contributed by atoms with Crippen LogP contribution in [0, 0.1) is 0 Å². The molecule has 0 atom stereocenters. The number of urea groups is 1. The lowest BCUT2D eigenvalue weighted by Crippen LogP contribution is -2.35. The van der Waals surface area contributed by atoms with Crippen LogP contribution in [0.4, 0.5) is 26.7 Å². The summed E-state index contributed by atoms with van der Waals surface area (Å²) in [5.41, 5.74) is 4.68. The summed E-state index contributed by atoms with van der Waals surface area (Å²) < 4.78 is 17.7. The Labute approximate surface area is 302 Å². The van der Waals surface area contributed by atoms with Crippen molar-refractivity contribution in [2.75, 3.05) is 56.0 Å². The highest BCUT2D eigenvalue weighted by atomic mass is 16.5. The number of carbonyl (C=O) groups excluding carboxylic acids is 2. The largest absolute Gasteiger partial charge is 0.494 e. The van der Waals surface area contributed by atoms with Gasteiger partial charge in [-0.15, -0.1) is 0 Å². The van der Waals surface area contributed by atoms with Gasteiger partial charge in [-0.1, -0.05) is 57.2 Å². The Morgan fingerprint density at radius 3 is 2.19 bits per heavy atom. The highest BCUT2D eigenvalue weighted by molar-refractivity contribution is 6.10. The summed E-state index contributed by atoms with van der Waals surface area (Å²) >= 11 is 0. The van der Waals surface area contributed by atoms with Crippen molar-refractivity contribution >= 4 is 40.0 Å². The van der Waals surface area contributed by atoms with Crippen LogP contribution < -0.4 is 20.7 Å². The molecule has 0 saturated carbocycles. The summed E-state index contributed by atoms with van der Waals surface area (Å²) in [5.74, 6) is -0.0758. The van der Waals surface area contributed by atoms with E-state index in [2.05, 4.69) is 33.0 Å². The third kappa shape index (κ3) is 8.39. The van der Waals surface area contributed by atoms with Crippen molar-refractivity contribution in [2.24, 2.45) is 0 Å². The molecule has 13 heteroatoms. The molecule has 3 amide bonds. The van der Waals surface area contributed by atoms with Gasteiger partial charge in [-0.25, -0.2) is 9.59 Å². The number of nitrogens with one attached hydrogen (secondary N) is 3. The van der Waals surface area contributed by atoms with Crippen molar-refractivity contribution in [3.8, 4) is 28.6 Å². The molecule has 3 heterocycles. The minimum Gasteiger partial charge on any atom is -0.494 e. The van der Waals surface area contributed by atoms with E-state index in [0.29, 0.717) is 17.1 Å². The number of nitrogens with zero attached hydrogens (tertiary/aromatic N) is 3. The first-order valence-corrected chi connectivity index (χ1v) is 17.1. The van der Waals surface area contributed by atoms with Gasteiger partial charge in [0.15, 0.2) is 17.5 Å². The van der Waals surface area contributed by atoms with E-state index in [1.165, 1.54) is 23.8 Å². The molecule has 0 unspecified atom stereocenters. The molecular formula is C39H44N6O7. The monoisotopic (exact) mass is 708 g/mol. The van der Waals surface area contributed by atoms with Gasteiger partial charge in [0.25, 0.3) is 0 Å². The molecule has 13 nitrogen and oxygen atoms in total. The van der Waals surface area contributed by atoms with Gasteiger partial charge in [-0.3, -0.25) is 19.8 Å². The number of aromatic hydroxyl groups is 2. The van der Waals surface area contributed by atoms with Gasteiger partial charge in [0, 0.05) is 48.9 Å². The summed E-state index contributed by atoms with van der Waals surface area (Å²) in [5, 5.41) is 30.1. The number of aromatic nitrogens is 2. The lowest BCUT2D eigenvalue weighted by Gasteiger charge is -2.26. The predicted molar refractivity (Wildman–Crippen MR) is 200 cm³/mol. The molecule has 52 heavy (non-hydrogen) atoms.